The molecule has 1 aromatic heterocycles. The number of aromatic amines is 1. The minimum absolute atomic E-state index is 0.212. The molecule has 2 N–H and O–H groups in total. The van der Waals surface area contributed by atoms with Gasteiger partial charge in [0.2, 0.25) is 5.91 Å². The van der Waals surface area contributed by atoms with Gasteiger partial charge in [0.05, 0.1) is 5.41 Å². The number of hydrogen-bond donors (Lipinski definition) is 2. The second kappa shape index (κ2) is 4.94. The molecular weight excluding hydrogens is 250 g/mol. The third-order valence-corrected chi connectivity index (χ3v) is 4.20. The highest BCUT2D eigenvalue weighted by Crippen LogP contribution is 2.32. The molecule has 0 saturated carbocycles. The van der Waals surface area contributed by atoms with Crippen molar-refractivity contribution in [2.45, 2.75) is 19.3 Å². The molecule has 2 heterocycles. The van der Waals surface area contributed by atoms with Gasteiger partial charge in [-0.15, -0.1) is 0 Å². The SMILES string of the molecule is CC(C)(C(=O)N1CCNCC1)c1c[nH]c2ccccc12. The molecule has 1 amide bonds. The Hall–Kier alpha value is -1.81. The van der Waals surface area contributed by atoms with Crippen LogP contribution in [0.25, 0.3) is 10.9 Å². The average molecular weight is 271 g/mol. The fraction of sp³-hybridized carbons (Fsp3) is 0.438. The summed E-state index contributed by atoms with van der Waals surface area (Å²) in [6.45, 7) is 7.40. The molecule has 0 spiro atoms. The Balaban J connectivity index is 1.96. The molecule has 4 nitrogen and oxygen atoms in total. The van der Waals surface area contributed by atoms with Gasteiger partial charge in [-0.05, 0) is 25.5 Å². The number of rotatable bonds is 2. The van der Waals surface area contributed by atoms with Gasteiger partial charge in [0.25, 0.3) is 0 Å². The van der Waals surface area contributed by atoms with Gasteiger partial charge in [0.1, 0.15) is 0 Å². The highest BCUT2D eigenvalue weighted by atomic mass is 16.2. The van der Waals surface area contributed by atoms with Gasteiger partial charge in [0.15, 0.2) is 0 Å². The van der Waals surface area contributed by atoms with Crippen LogP contribution < -0.4 is 5.32 Å². The van der Waals surface area contributed by atoms with Crippen LogP contribution in [0.15, 0.2) is 30.5 Å². The third-order valence-electron chi connectivity index (χ3n) is 4.20. The highest BCUT2D eigenvalue weighted by Gasteiger charge is 2.35. The van der Waals surface area contributed by atoms with E-state index >= 15 is 0 Å². The fourth-order valence-corrected chi connectivity index (χ4v) is 2.97. The first-order valence-electron chi connectivity index (χ1n) is 7.17. The van der Waals surface area contributed by atoms with Crippen molar-refractivity contribution >= 4 is 16.8 Å². The summed E-state index contributed by atoms with van der Waals surface area (Å²) >= 11 is 0. The number of benzene rings is 1. The van der Waals surface area contributed by atoms with Crippen LogP contribution in [0.1, 0.15) is 19.4 Å². The maximum atomic E-state index is 12.8. The van der Waals surface area contributed by atoms with Crippen molar-refractivity contribution in [1.82, 2.24) is 15.2 Å². The summed E-state index contributed by atoms with van der Waals surface area (Å²) in [7, 11) is 0. The van der Waals surface area contributed by atoms with Gasteiger partial charge in [-0.1, -0.05) is 18.2 Å². The van der Waals surface area contributed by atoms with Gasteiger partial charge in [0, 0.05) is 43.3 Å². The van der Waals surface area contributed by atoms with Crippen LogP contribution in [0.5, 0.6) is 0 Å². The Labute approximate surface area is 119 Å². The minimum atomic E-state index is -0.503. The van der Waals surface area contributed by atoms with E-state index in [1.54, 1.807) is 0 Å². The van der Waals surface area contributed by atoms with Crippen LogP contribution in [-0.4, -0.2) is 42.0 Å². The maximum absolute atomic E-state index is 12.8. The van der Waals surface area contributed by atoms with Gasteiger partial charge >= 0.3 is 0 Å². The van der Waals surface area contributed by atoms with Crippen molar-refractivity contribution in [1.29, 1.82) is 0 Å². The fourth-order valence-electron chi connectivity index (χ4n) is 2.97. The molecule has 1 aromatic carbocycles. The molecule has 0 aliphatic carbocycles. The second-order valence-electron chi connectivity index (χ2n) is 5.92. The van der Waals surface area contributed by atoms with Crippen molar-refractivity contribution in [2.75, 3.05) is 26.2 Å². The smallest absolute Gasteiger partial charge is 0.232 e. The number of amides is 1. The first-order chi connectivity index (χ1) is 9.60. The van der Waals surface area contributed by atoms with E-state index in [2.05, 4.69) is 16.4 Å². The predicted octanol–water partition coefficient (Wildman–Crippen LogP) is 1.88. The van der Waals surface area contributed by atoms with Crippen molar-refractivity contribution in [3.63, 3.8) is 0 Å². The quantitative estimate of drug-likeness (QED) is 0.876. The lowest BCUT2D eigenvalue weighted by Gasteiger charge is -2.34. The van der Waals surface area contributed by atoms with E-state index in [4.69, 9.17) is 0 Å². The number of carbonyl (C=O) groups excluding carboxylic acids is 1. The first-order valence-corrected chi connectivity index (χ1v) is 7.17. The molecular formula is C16H21N3O. The lowest BCUT2D eigenvalue weighted by molar-refractivity contribution is -0.136. The molecule has 0 atom stereocenters. The molecule has 4 heteroatoms. The number of para-hydroxylation sites is 1. The maximum Gasteiger partial charge on any atom is 0.232 e. The summed E-state index contributed by atoms with van der Waals surface area (Å²) in [4.78, 5) is 18.1. The van der Waals surface area contributed by atoms with Crippen molar-refractivity contribution in [2.24, 2.45) is 0 Å². The Morgan fingerprint density at radius 3 is 2.65 bits per heavy atom. The van der Waals surface area contributed by atoms with E-state index in [1.165, 1.54) is 0 Å². The number of nitrogens with zero attached hydrogens (tertiary/aromatic N) is 1. The van der Waals surface area contributed by atoms with E-state index in [0.717, 1.165) is 42.6 Å². The summed E-state index contributed by atoms with van der Waals surface area (Å²) in [5.74, 6) is 0.212. The van der Waals surface area contributed by atoms with Gasteiger partial charge in [-0.25, -0.2) is 0 Å². The summed E-state index contributed by atoms with van der Waals surface area (Å²) in [5, 5.41) is 4.43. The summed E-state index contributed by atoms with van der Waals surface area (Å²) in [5.41, 5.74) is 1.66. The lowest BCUT2D eigenvalue weighted by Crippen LogP contribution is -2.51. The van der Waals surface area contributed by atoms with Crippen molar-refractivity contribution in [3.05, 3.63) is 36.0 Å². The molecule has 1 aliphatic rings. The topological polar surface area (TPSA) is 48.1 Å². The predicted molar refractivity (Wildman–Crippen MR) is 80.8 cm³/mol. The Kier molecular flexibility index (Phi) is 3.26. The van der Waals surface area contributed by atoms with E-state index in [0.29, 0.717) is 0 Å². The van der Waals surface area contributed by atoms with E-state index in [-0.39, 0.29) is 5.91 Å². The number of carbonyl (C=O) groups is 1. The number of hydrogen-bond acceptors (Lipinski definition) is 2. The second-order valence-corrected chi connectivity index (χ2v) is 5.92. The van der Waals surface area contributed by atoms with Crippen LogP contribution in [-0.2, 0) is 10.2 Å². The first kappa shape index (κ1) is 13.2. The summed E-state index contributed by atoms with van der Waals surface area (Å²) < 4.78 is 0. The van der Waals surface area contributed by atoms with E-state index in [9.17, 15) is 4.79 Å². The van der Waals surface area contributed by atoms with Crippen LogP contribution in [0.2, 0.25) is 0 Å². The molecule has 2 aromatic rings. The zero-order valence-electron chi connectivity index (χ0n) is 12.1. The molecule has 1 fully saturated rings. The van der Waals surface area contributed by atoms with E-state index < -0.39 is 5.41 Å². The molecule has 0 radical (unpaired) electrons. The van der Waals surface area contributed by atoms with Gasteiger partial charge < -0.3 is 15.2 Å². The highest BCUT2D eigenvalue weighted by molar-refractivity contribution is 5.94. The third kappa shape index (κ3) is 2.10. The van der Waals surface area contributed by atoms with Crippen LogP contribution >= 0.6 is 0 Å². The lowest BCUT2D eigenvalue weighted by atomic mass is 9.83. The number of H-pyrrole nitrogens is 1. The van der Waals surface area contributed by atoms with Crippen molar-refractivity contribution in [3.8, 4) is 0 Å². The van der Waals surface area contributed by atoms with Crippen LogP contribution in [0.4, 0.5) is 0 Å². The minimum Gasteiger partial charge on any atom is -0.361 e. The monoisotopic (exact) mass is 271 g/mol. The van der Waals surface area contributed by atoms with Gasteiger partial charge in [-0.3, -0.25) is 4.79 Å². The standard InChI is InChI=1S/C16H21N3O/c1-16(2,15(20)19-9-7-17-8-10-19)13-11-18-14-6-4-3-5-12(13)14/h3-6,11,17-18H,7-10H2,1-2H3. The van der Waals surface area contributed by atoms with Crippen LogP contribution in [0, 0.1) is 0 Å². The number of fused-ring (bicyclic) bond motifs is 1. The van der Waals surface area contributed by atoms with Gasteiger partial charge in [-0.2, -0.15) is 0 Å². The molecule has 3 rings (SSSR count). The molecule has 20 heavy (non-hydrogen) atoms. The zero-order chi connectivity index (χ0) is 14.2. The number of nitrogens with one attached hydrogen (secondary N) is 2. The molecule has 0 unspecified atom stereocenters. The zero-order valence-corrected chi connectivity index (χ0v) is 12.1. The normalized spacial score (nSPS) is 16.6. The van der Waals surface area contributed by atoms with Crippen LogP contribution in [0.3, 0.4) is 0 Å². The van der Waals surface area contributed by atoms with E-state index in [1.807, 2.05) is 43.1 Å². The van der Waals surface area contributed by atoms with Crippen molar-refractivity contribution < 1.29 is 4.79 Å². The largest absolute Gasteiger partial charge is 0.361 e. The Morgan fingerprint density at radius 1 is 1.20 bits per heavy atom. The Morgan fingerprint density at radius 2 is 1.90 bits per heavy atom. The molecule has 1 saturated heterocycles. The molecule has 0 bridgehead atoms. The number of piperazine rings is 1. The Bertz CT molecular complexity index is 623. The molecule has 106 valence electrons. The number of aromatic nitrogens is 1. The molecule has 1 aliphatic heterocycles. The summed E-state index contributed by atoms with van der Waals surface area (Å²) in [6, 6.07) is 8.15. The summed E-state index contributed by atoms with van der Waals surface area (Å²) in [6.07, 6.45) is 1.98. The average Bonchev–Trinajstić information content (AvgIpc) is 2.92.